The van der Waals surface area contributed by atoms with Crippen molar-refractivity contribution in [1.82, 2.24) is 29.2 Å². The van der Waals surface area contributed by atoms with Crippen molar-refractivity contribution in [2.75, 3.05) is 31.5 Å². The number of nitrogens with one attached hydrogen (secondary N) is 1. The second kappa shape index (κ2) is 13.6. The van der Waals surface area contributed by atoms with Gasteiger partial charge in [0.15, 0.2) is 0 Å². The highest BCUT2D eigenvalue weighted by molar-refractivity contribution is 7.89. The fourth-order valence-electron chi connectivity index (χ4n) is 8.50. The lowest BCUT2D eigenvalue weighted by Crippen LogP contribution is -2.38. The molecule has 2 aliphatic heterocycles. The second-order valence-corrected chi connectivity index (χ2v) is 18.9. The molecule has 0 amide bonds. The summed E-state index contributed by atoms with van der Waals surface area (Å²) in [4.78, 5) is 20.3. The molecule has 1 spiro atoms. The first-order valence-electron chi connectivity index (χ1n) is 19.5. The van der Waals surface area contributed by atoms with Crippen molar-refractivity contribution in [3.63, 3.8) is 0 Å². The van der Waals surface area contributed by atoms with E-state index < -0.39 is 32.9 Å². The summed E-state index contributed by atoms with van der Waals surface area (Å²) in [7, 11) is -4.02. The van der Waals surface area contributed by atoms with Crippen molar-refractivity contribution in [3.05, 3.63) is 69.8 Å². The van der Waals surface area contributed by atoms with Gasteiger partial charge >= 0.3 is 5.97 Å². The maximum absolute atomic E-state index is 14.6. The number of benzene rings is 2. The number of carbonyl (C=O) groups is 1. The largest absolute Gasteiger partial charge is 0.481 e. The number of anilines is 1. The Morgan fingerprint density at radius 1 is 1.06 bits per heavy atom. The van der Waals surface area contributed by atoms with Gasteiger partial charge in [0.1, 0.15) is 21.8 Å². The van der Waals surface area contributed by atoms with Crippen molar-refractivity contribution in [1.29, 1.82) is 0 Å². The van der Waals surface area contributed by atoms with E-state index in [2.05, 4.69) is 27.5 Å². The minimum atomic E-state index is -4.02. The third-order valence-corrected chi connectivity index (χ3v) is 14.0. The van der Waals surface area contributed by atoms with Crippen LogP contribution in [0.1, 0.15) is 111 Å². The van der Waals surface area contributed by atoms with Crippen LogP contribution < -0.4 is 10.1 Å². The molecule has 0 bridgehead atoms. The zero-order chi connectivity index (χ0) is 38.2. The number of sulfonamides is 1. The van der Waals surface area contributed by atoms with Crippen LogP contribution in [-0.2, 0) is 21.4 Å². The number of ether oxygens (including phenoxy) is 1. The van der Waals surface area contributed by atoms with Crippen LogP contribution in [0.5, 0.6) is 5.88 Å². The van der Waals surface area contributed by atoms with Crippen LogP contribution in [-0.4, -0.2) is 86.5 Å². The number of carboxylic acid groups (broad SMARTS) is 1. The van der Waals surface area contributed by atoms with E-state index in [4.69, 9.17) is 9.72 Å². The van der Waals surface area contributed by atoms with E-state index >= 15 is 0 Å². The van der Waals surface area contributed by atoms with E-state index in [1.807, 2.05) is 55.8 Å². The van der Waals surface area contributed by atoms with Gasteiger partial charge in [-0.2, -0.15) is 9.29 Å². The molecule has 4 heterocycles. The Morgan fingerprint density at radius 3 is 2.48 bits per heavy atom. The van der Waals surface area contributed by atoms with E-state index in [1.54, 1.807) is 19.9 Å². The number of hydrogen-bond donors (Lipinski definition) is 2. The number of piperidine rings is 1. The van der Waals surface area contributed by atoms with Crippen LogP contribution in [0.2, 0.25) is 0 Å². The molecule has 1 unspecified atom stereocenters. The van der Waals surface area contributed by atoms with Gasteiger partial charge in [0, 0.05) is 25.0 Å². The average molecular weight is 756 g/mol. The Kier molecular flexibility index (Phi) is 9.29. The minimum absolute atomic E-state index is 0.0832. The molecule has 8 rings (SSSR count). The number of rotatable bonds is 11. The van der Waals surface area contributed by atoms with Crippen molar-refractivity contribution < 1.29 is 23.1 Å². The van der Waals surface area contributed by atoms with Crippen molar-refractivity contribution in [3.8, 4) is 5.88 Å². The lowest BCUT2D eigenvalue weighted by Gasteiger charge is -2.33. The highest BCUT2D eigenvalue weighted by Gasteiger charge is 2.53. The molecule has 1 saturated heterocycles. The zero-order valence-corrected chi connectivity index (χ0v) is 33.2. The Bertz CT molecular complexity index is 2220. The summed E-state index contributed by atoms with van der Waals surface area (Å²) < 4.78 is 39.2. The van der Waals surface area contributed by atoms with E-state index in [9.17, 15) is 18.3 Å². The van der Waals surface area contributed by atoms with E-state index in [0.29, 0.717) is 11.9 Å². The molecule has 2 aliphatic carbocycles. The first-order chi connectivity index (χ1) is 25.7. The van der Waals surface area contributed by atoms with Gasteiger partial charge in [-0.15, -0.1) is 5.10 Å². The quantitative estimate of drug-likeness (QED) is 0.169. The van der Waals surface area contributed by atoms with Crippen molar-refractivity contribution in [2.45, 2.75) is 122 Å². The van der Waals surface area contributed by atoms with Crippen LogP contribution >= 0.6 is 0 Å². The number of aryl methyl sites for hydroxylation is 3. The Hall–Kier alpha value is -4.07. The van der Waals surface area contributed by atoms with Gasteiger partial charge in [-0.25, -0.2) is 13.1 Å². The number of pyridine rings is 1. The highest BCUT2D eigenvalue weighted by Crippen LogP contribution is 2.48. The number of carboxylic acids is 1. The van der Waals surface area contributed by atoms with Gasteiger partial charge in [-0.3, -0.25) is 4.79 Å². The summed E-state index contributed by atoms with van der Waals surface area (Å²) in [6.45, 7) is 14.9. The molecular weight excluding hydrogens is 703 g/mol. The first-order valence-corrected chi connectivity index (χ1v) is 21.0. The van der Waals surface area contributed by atoms with Gasteiger partial charge in [-0.05, 0) is 139 Å². The summed E-state index contributed by atoms with van der Waals surface area (Å²) in [5, 5.41) is 23.1. The molecule has 3 fully saturated rings. The van der Waals surface area contributed by atoms with Crippen LogP contribution in [0.25, 0.3) is 11.0 Å². The number of likely N-dealkylation sites (tertiary alicyclic amines) is 1. The summed E-state index contributed by atoms with van der Waals surface area (Å²) in [6, 6.07) is 12.2. The normalized spacial score (nSPS) is 20.9. The first kappa shape index (κ1) is 36.9. The van der Waals surface area contributed by atoms with Crippen LogP contribution in [0.15, 0.2) is 41.3 Å². The Balaban J connectivity index is 1.12. The lowest BCUT2D eigenvalue weighted by atomic mass is 9.69. The average Bonchev–Trinajstić information content (AvgIpc) is 4.06. The number of aromatic nitrogens is 4. The van der Waals surface area contributed by atoms with E-state index in [-0.39, 0.29) is 29.9 Å². The predicted molar refractivity (Wildman–Crippen MR) is 208 cm³/mol. The molecule has 13 heteroatoms. The standard InChI is InChI=1S/C41H53N7O5S/c1-25-10-11-29(35(40(5,6)39(49)50)32-14-15-33-36(28(32)4)44-45-48(33)31-12-13-31)21-30(25)23-47-24-41(16-17-41)53-38-34(54(47,51)52)20-26(2)37(43-38)42-27(3)22-46-18-8-7-9-19-46/h10-11,14-15,20-21,27,31,35H,7-9,12-13,16-19,22-24H2,1-6H3,(H,42,43)(H,49,50)/t27-,35?/m0/s1. The molecule has 2 atom stereocenters. The molecule has 12 nitrogen and oxygen atoms in total. The molecule has 2 N–H and O–H groups in total. The fraction of sp³-hybridized carbons (Fsp3) is 0.561. The molecule has 2 aromatic heterocycles. The van der Waals surface area contributed by atoms with Gasteiger partial charge < -0.3 is 20.1 Å². The monoisotopic (exact) mass is 755 g/mol. The van der Waals surface area contributed by atoms with Gasteiger partial charge in [0.2, 0.25) is 15.9 Å². The maximum Gasteiger partial charge on any atom is 0.310 e. The van der Waals surface area contributed by atoms with Gasteiger partial charge in [0.25, 0.3) is 0 Å². The SMILES string of the molecule is Cc1ccc(C(c2ccc3c(nnn3C3CC3)c2C)C(C)(C)C(=O)O)cc1CN1CC2(CC2)Oc2nc(N[C@@H](C)CN3CCCCC3)c(C)cc2S1(=O)=O. The Morgan fingerprint density at radius 2 is 1.80 bits per heavy atom. The van der Waals surface area contributed by atoms with Gasteiger partial charge in [-0.1, -0.05) is 35.9 Å². The van der Waals surface area contributed by atoms with E-state index in [1.165, 1.54) is 23.6 Å². The van der Waals surface area contributed by atoms with Crippen molar-refractivity contribution in [2.24, 2.45) is 5.41 Å². The molecule has 2 aromatic carbocycles. The smallest absolute Gasteiger partial charge is 0.310 e. The molecule has 4 aliphatic rings. The van der Waals surface area contributed by atoms with Crippen LogP contribution in [0.4, 0.5) is 5.82 Å². The maximum atomic E-state index is 14.6. The summed E-state index contributed by atoms with van der Waals surface area (Å²) in [5.41, 5.74) is 4.96. The Labute approximate surface area is 318 Å². The molecule has 54 heavy (non-hydrogen) atoms. The molecule has 0 radical (unpaired) electrons. The predicted octanol–water partition coefficient (Wildman–Crippen LogP) is 6.73. The van der Waals surface area contributed by atoms with E-state index in [0.717, 1.165) is 89.7 Å². The molecular formula is C41H53N7O5S. The van der Waals surface area contributed by atoms with Gasteiger partial charge in [0.05, 0.1) is 23.5 Å². The zero-order valence-electron chi connectivity index (χ0n) is 32.4. The highest BCUT2D eigenvalue weighted by atomic mass is 32.2. The van der Waals surface area contributed by atoms with Crippen LogP contribution in [0.3, 0.4) is 0 Å². The number of hydrogen-bond acceptors (Lipinski definition) is 9. The molecule has 288 valence electrons. The molecule has 4 aromatic rings. The fourth-order valence-corrected chi connectivity index (χ4v) is 10.1. The lowest BCUT2D eigenvalue weighted by molar-refractivity contribution is -0.147. The molecule has 2 saturated carbocycles. The number of nitrogens with zero attached hydrogens (tertiary/aromatic N) is 6. The third-order valence-electron chi connectivity index (χ3n) is 12.2. The number of aliphatic carboxylic acids is 1. The summed E-state index contributed by atoms with van der Waals surface area (Å²) in [5.74, 6) is -0.657. The topological polar surface area (TPSA) is 143 Å². The van der Waals surface area contributed by atoms with Crippen molar-refractivity contribution >= 4 is 32.8 Å². The summed E-state index contributed by atoms with van der Waals surface area (Å²) in [6.07, 6.45) is 7.37. The number of fused-ring (bicyclic) bond motifs is 2. The van der Waals surface area contributed by atoms with Crippen LogP contribution in [0, 0.1) is 26.2 Å². The second-order valence-electron chi connectivity index (χ2n) is 17.0. The summed E-state index contributed by atoms with van der Waals surface area (Å²) >= 11 is 0. The minimum Gasteiger partial charge on any atom is -0.481 e. The third kappa shape index (κ3) is 6.76.